The van der Waals surface area contributed by atoms with E-state index in [1.807, 2.05) is 71.6 Å². The number of nitrogens with zero attached hydrogens (tertiary/aromatic N) is 1. The summed E-state index contributed by atoms with van der Waals surface area (Å²) in [6, 6.07) is 18.7. The van der Waals surface area contributed by atoms with E-state index >= 15 is 0 Å². The van der Waals surface area contributed by atoms with Gasteiger partial charge < -0.3 is 5.11 Å². The maximum Gasteiger partial charge on any atom is 0.335 e. The Labute approximate surface area is 151 Å². The van der Waals surface area contributed by atoms with Crippen LogP contribution in [0.15, 0.2) is 73.1 Å². The van der Waals surface area contributed by atoms with Gasteiger partial charge in [0.2, 0.25) is 0 Å². The molecule has 0 spiro atoms. The molecule has 0 aliphatic rings. The Morgan fingerprint density at radius 2 is 1.68 bits per heavy atom. The van der Waals surface area contributed by atoms with Gasteiger partial charge >= 0.3 is 5.97 Å². The monoisotopic (exact) mass is 350 g/mol. The van der Waals surface area contributed by atoms with Gasteiger partial charge in [-0.05, 0) is 35.4 Å². The van der Waals surface area contributed by atoms with Crippen LogP contribution in [0.1, 0.15) is 27.0 Å². The van der Waals surface area contributed by atoms with Gasteiger partial charge in [-0.3, -0.25) is 0 Å². The number of carbonyl (C=O) groups is 1. The molecule has 0 aliphatic heterocycles. The SMILES string of the molecule is O=C(O)c1cccc(C[n+]2ccc(/C=C\c3cccc(Cl)c3)cc2)c1. The Kier molecular flexibility index (Phi) is 5.26. The Bertz CT molecular complexity index is 917. The third kappa shape index (κ3) is 4.78. The van der Waals surface area contributed by atoms with Gasteiger partial charge in [-0.1, -0.05) is 48.0 Å². The van der Waals surface area contributed by atoms with Crippen LogP contribution in [0.2, 0.25) is 5.02 Å². The molecule has 1 heterocycles. The average molecular weight is 351 g/mol. The number of aromatic nitrogens is 1. The van der Waals surface area contributed by atoms with E-state index in [0.29, 0.717) is 12.1 Å². The van der Waals surface area contributed by atoms with E-state index in [2.05, 4.69) is 0 Å². The first-order valence-electron chi connectivity index (χ1n) is 7.85. The molecule has 3 rings (SSSR count). The van der Waals surface area contributed by atoms with Gasteiger partial charge in [-0.25, -0.2) is 9.36 Å². The van der Waals surface area contributed by atoms with Crippen molar-refractivity contribution in [2.75, 3.05) is 0 Å². The molecule has 1 N–H and O–H groups in total. The molecule has 4 heteroatoms. The number of benzene rings is 2. The quantitative estimate of drug-likeness (QED) is 0.686. The van der Waals surface area contributed by atoms with Crippen LogP contribution in [-0.2, 0) is 6.54 Å². The van der Waals surface area contributed by atoms with E-state index in [4.69, 9.17) is 16.7 Å². The van der Waals surface area contributed by atoms with Crippen molar-refractivity contribution in [3.63, 3.8) is 0 Å². The minimum absolute atomic E-state index is 0.305. The highest BCUT2D eigenvalue weighted by Gasteiger charge is 2.07. The third-order valence-electron chi connectivity index (χ3n) is 3.77. The van der Waals surface area contributed by atoms with Crippen LogP contribution < -0.4 is 4.57 Å². The van der Waals surface area contributed by atoms with E-state index in [1.54, 1.807) is 18.2 Å². The molecule has 3 nitrogen and oxygen atoms in total. The maximum atomic E-state index is 11.0. The first-order chi connectivity index (χ1) is 12.1. The van der Waals surface area contributed by atoms with Crippen molar-refractivity contribution in [2.24, 2.45) is 0 Å². The number of hydrogen-bond acceptors (Lipinski definition) is 1. The molecular weight excluding hydrogens is 334 g/mol. The predicted molar refractivity (Wildman–Crippen MR) is 99.5 cm³/mol. The zero-order chi connectivity index (χ0) is 17.6. The third-order valence-corrected chi connectivity index (χ3v) is 4.01. The van der Waals surface area contributed by atoms with Gasteiger partial charge in [-0.15, -0.1) is 0 Å². The summed E-state index contributed by atoms with van der Waals surface area (Å²) < 4.78 is 2.01. The van der Waals surface area contributed by atoms with Gasteiger partial charge in [0.1, 0.15) is 0 Å². The van der Waals surface area contributed by atoms with Crippen molar-refractivity contribution in [3.8, 4) is 0 Å². The second-order valence-electron chi connectivity index (χ2n) is 5.70. The van der Waals surface area contributed by atoms with Crippen molar-refractivity contribution in [3.05, 3.63) is 100 Å². The summed E-state index contributed by atoms with van der Waals surface area (Å²) in [6.45, 7) is 0.624. The molecule has 0 unspecified atom stereocenters. The highest BCUT2D eigenvalue weighted by molar-refractivity contribution is 6.30. The fraction of sp³-hybridized carbons (Fsp3) is 0.0476. The molecule has 0 saturated carbocycles. The van der Waals surface area contributed by atoms with Crippen LogP contribution in [-0.4, -0.2) is 11.1 Å². The molecule has 3 aromatic rings. The number of carboxylic acids is 1. The van der Waals surface area contributed by atoms with Gasteiger partial charge in [0.25, 0.3) is 0 Å². The Morgan fingerprint density at radius 1 is 0.960 bits per heavy atom. The summed E-state index contributed by atoms with van der Waals surface area (Å²) in [5.74, 6) is -0.909. The lowest BCUT2D eigenvalue weighted by atomic mass is 10.1. The van der Waals surface area contributed by atoms with Crippen LogP contribution in [0.4, 0.5) is 0 Å². The molecular formula is C21H17ClNO2+. The second kappa shape index (κ2) is 7.77. The van der Waals surface area contributed by atoms with E-state index in [9.17, 15) is 4.79 Å². The van der Waals surface area contributed by atoms with Crippen molar-refractivity contribution in [1.82, 2.24) is 0 Å². The minimum Gasteiger partial charge on any atom is -0.478 e. The Balaban J connectivity index is 1.70. The summed E-state index contributed by atoms with van der Waals surface area (Å²) in [5, 5.41) is 9.78. The molecule has 0 saturated heterocycles. The molecule has 124 valence electrons. The fourth-order valence-electron chi connectivity index (χ4n) is 2.50. The number of carboxylic acid groups (broad SMARTS) is 1. The lowest BCUT2D eigenvalue weighted by Gasteiger charge is -2.00. The Hall–Kier alpha value is -2.91. The van der Waals surface area contributed by atoms with Crippen molar-refractivity contribution < 1.29 is 14.5 Å². The number of halogens is 1. The van der Waals surface area contributed by atoms with Crippen molar-refractivity contribution >= 4 is 29.7 Å². The highest BCUT2D eigenvalue weighted by atomic mass is 35.5. The molecule has 0 radical (unpaired) electrons. The van der Waals surface area contributed by atoms with E-state index in [1.165, 1.54) is 0 Å². The summed E-state index contributed by atoms with van der Waals surface area (Å²) in [5.41, 5.74) is 3.39. The van der Waals surface area contributed by atoms with Crippen LogP contribution >= 0.6 is 11.6 Å². The van der Waals surface area contributed by atoms with E-state index in [0.717, 1.165) is 21.7 Å². The predicted octanol–water partition coefficient (Wildman–Crippen LogP) is 4.54. The molecule has 0 amide bonds. The molecule has 25 heavy (non-hydrogen) atoms. The molecule has 0 bridgehead atoms. The first-order valence-corrected chi connectivity index (χ1v) is 8.23. The zero-order valence-corrected chi connectivity index (χ0v) is 14.2. The molecule has 0 aliphatic carbocycles. The topological polar surface area (TPSA) is 41.2 Å². The number of hydrogen-bond donors (Lipinski definition) is 1. The lowest BCUT2D eigenvalue weighted by molar-refractivity contribution is -0.688. The summed E-state index contributed by atoms with van der Waals surface area (Å²) in [6.07, 6.45) is 8.00. The molecule has 0 atom stereocenters. The Morgan fingerprint density at radius 3 is 2.40 bits per heavy atom. The first kappa shape index (κ1) is 16.9. The van der Waals surface area contributed by atoms with Crippen LogP contribution in [0, 0.1) is 0 Å². The minimum atomic E-state index is -0.909. The summed E-state index contributed by atoms with van der Waals surface area (Å²) >= 11 is 5.98. The van der Waals surface area contributed by atoms with Gasteiger partial charge in [0.05, 0.1) is 5.56 Å². The average Bonchev–Trinajstić information content (AvgIpc) is 2.61. The van der Waals surface area contributed by atoms with Crippen molar-refractivity contribution in [2.45, 2.75) is 6.54 Å². The normalized spacial score (nSPS) is 10.9. The number of pyridine rings is 1. The standard InChI is InChI=1S/C21H16ClNO2/c22-20-6-2-3-17(14-20)8-7-16-9-11-23(12-10-16)15-18-4-1-5-19(13-18)21(24)25/h1-14H,15H2/p+1/b8-7-. The number of aromatic carboxylic acids is 1. The maximum absolute atomic E-state index is 11.0. The fourth-order valence-corrected chi connectivity index (χ4v) is 2.70. The van der Waals surface area contributed by atoms with Crippen LogP contribution in [0.25, 0.3) is 12.2 Å². The van der Waals surface area contributed by atoms with E-state index < -0.39 is 5.97 Å². The van der Waals surface area contributed by atoms with Crippen LogP contribution in [0.3, 0.4) is 0 Å². The van der Waals surface area contributed by atoms with Crippen molar-refractivity contribution in [1.29, 1.82) is 0 Å². The van der Waals surface area contributed by atoms with Gasteiger partial charge in [0.15, 0.2) is 18.9 Å². The highest BCUT2D eigenvalue weighted by Crippen LogP contribution is 2.13. The number of rotatable bonds is 5. The second-order valence-corrected chi connectivity index (χ2v) is 6.13. The molecule has 0 fully saturated rings. The zero-order valence-electron chi connectivity index (χ0n) is 13.5. The lowest BCUT2D eigenvalue weighted by Crippen LogP contribution is -2.33. The molecule has 1 aromatic heterocycles. The summed E-state index contributed by atoms with van der Waals surface area (Å²) in [4.78, 5) is 11.0. The largest absolute Gasteiger partial charge is 0.478 e. The van der Waals surface area contributed by atoms with E-state index in [-0.39, 0.29) is 0 Å². The van der Waals surface area contributed by atoms with Gasteiger partial charge in [0, 0.05) is 22.7 Å². The summed E-state index contributed by atoms with van der Waals surface area (Å²) in [7, 11) is 0. The molecule has 2 aromatic carbocycles. The van der Waals surface area contributed by atoms with Crippen LogP contribution in [0.5, 0.6) is 0 Å². The van der Waals surface area contributed by atoms with Gasteiger partial charge in [-0.2, -0.15) is 0 Å². The smallest absolute Gasteiger partial charge is 0.335 e.